The van der Waals surface area contributed by atoms with E-state index in [9.17, 15) is 0 Å². The van der Waals surface area contributed by atoms with Gasteiger partial charge in [0.1, 0.15) is 0 Å². The molecule has 0 saturated carbocycles. The van der Waals surface area contributed by atoms with Gasteiger partial charge in [0.25, 0.3) is 0 Å². The number of fused-ring (bicyclic) bond motifs is 2. The molecule has 0 heterocycles. The summed E-state index contributed by atoms with van der Waals surface area (Å²) >= 11 is 3.14. The topological polar surface area (TPSA) is 0 Å². The van der Waals surface area contributed by atoms with Crippen LogP contribution in [0.3, 0.4) is 0 Å². The normalized spacial score (nSPS) is 18.4. The van der Waals surface area contributed by atoms with Gasteiger partial charge >= 0.3 is 33.7 Å². The van der Waals surface area contributed by atoms with Gasteiger partial charge < -0.3 is 14.9 Å². The monoisotopic (exact) mass is 562 g/mol. The Balaban J connectivity index is -0.000000363. The molecule has 0 fully saturated rings. The quantitative estimate of drug-likeness (QED) is 0.236. The molecular weight excluding hydrogens is 523 g/mol. The van der Waals surface area contributed by atoms with Gasteiger partial charge in [-0.3, -0.25) is 0 Å². The molecule has 162 valence electrons. The van der Waals surface area contributed by atoms with Crippen LogP contribution in [0.15, 0.2) is 24.3 Å². The summed E-state index contributed by atoms with van der Waals surface area (Å²) in [6.07, 6.45) is 8.17. The minimum atomic E-state index is 0. The molecule has 4 heteroatoms. The van der Waals surface area contributed by atoms with Gasteiger partial charge in [-0.2, -0.15) is 45.5 Å². The van der Waals surface area contributed by atoms with Crippen molar-refractivity contribution in [3.63, 3.8) is 0 Å². The first-order valence-electron chi connectivity index (χ1n) is 9.42. The predicted octanol–water partition coefficient (Wildman–Crippen LogP) is 7.13. The summed E-state index contributed by atoms with van der Waals surface area (Å²) in [6.45, 7) is 9.09. The minimum absolute atomic E-state index is 0. The van der Waals surface area contributed by atoms with Crippen LogP contribution < -0.4 is 0 Å². The Morgan fingerprint density at radius 1 is 0.786 bits per heavy atom. The summed E-state index contributed by atoms with van der Waals surface area (Å²) < 4.78 is 0. The molecule has 2 aromatic rings. The molecule has 0 aliphatic heterocycles. The average Bonchev–Trinajstić information content (AvgIpc) is 3.13. The van der Waals surface area contributed by atoms with Crippen LogP contribution in [0.4, 0.5) is 0 Å². The molecular formula is C24H40Cl2GeZr-4. The van der Waals surface area contributed by atoms with Crippen molar-refractivity contribution >= 4 is 37.0 Å². The molecule has 4 rings (SSSR count). The molecule has 2 aromatic carbocycles. The van der Waals surface area contributed by atoms with Crippen molar-refractivity contribution in [2.45, 2.75) is 78.1 Å². The van der Waals surface area contributed by atoms with Crippen LogP contribution in [0.2, 0.25) is 0 Å². The van der Waals surface area contributed by atoms with Crippen LogP contribution in [0.5, 0.6) is 0 Å². The summed E-state index contributed by atoms with van der Waals surface area (Å²) in [5.41, 5.74) is 9.36. The van der Waals surface area contributed by atoms with Crippen LogP contribution in [-0.2, 0) is 34.4 Å². The van der Waals surface area contributed by atoms with Gasteiger partial charge in [-0.25, -0.2) is 12.1 Å². The molecule has 2 aliphatic carbocycles. The second kappa shape index (κ2) is 16.4. The Morgan fingerprint density at radius 2 is 1.11 bits per heavy atom. The molecule has 0 N–H and O–H groups in total. The molecule has 2 unspecified atom stereocenters. The van der Waals surface area contributed by atoms with Gasteiger partial charge in [0.2, 0.25) is 0 Å². The summed E-state index contributed by atoms with van der Waals surface area (Å²) in [4.78, 5) is 0. The second-order valence-electron chi connectivity index (χ2n) is 7.61. The summed E-state index contributed by atoms with van der Waals surface area (Å²) in [5.74, 6) is 1.62. The fraction of sp³-hybridized carbons (Fsp3) is 0.500. The van der Waals surface area contributed by atoms with Crippen molar-refractivity contribution in [3.05, 3.63) is 72.5 Å². The van der Waals surface area contributed by atoms with Crippen molar-refractivity contribution in [3.8, 4) is 0 Å². The van der Waals surface area contributed by atoms with E-state index in [0.717, 1.165) is 11.8 Å². The number of aryl methyl sites for hydroxylation is 4. The van der Waals surface area contributed by atoms with Gasteiger partial charge in [-0.15, -0.1) is 24.8 Å². The molecule has 0 aromatic heterocycles. The fourth-order valence-corrected chi connectivity index (χ4v) is 4.33. The van der Waals surface area contributed by atoms with Crippen LogP contribution >= 0.6 is 24.8 Å². The van der Waals surface area contributed by atoms with Crippen LogP contribution in [0.25, 0.3) is 0 Å². The zero-order valence-corrected chi connectivity index (χ0v) is 25.8. The van der Waals surface area contributed by atoms with E-state index < -0.39 is 0 Å². The third-order valence-electron chi connectivity index (χ3n) is 5.54. The fourth-order valence-electron chi connectivity index (χ4n) is 4.33. The molecule has 2 aliphatic rings. The molecule has 28 heavy (non-hydrogen) atoms. The van der Waals surface area contributed by atoms with Crippen molar-refractivity contribution in [2.75, 3.05) is 0 Å². The predicted molar refractivity (Wildman–Crippen MR) is 132 cm³/mol. The molecule has 0 spiro atoms. The number of hydrogen-bond donors (Lipinski definition) is 0. The van der Waals surface area contributed by atoms with Crippen molar-refractivity contribution in [1.29, 1.82) is 0 Å². The standard InChI is InChI=1S/2C11H15.2CH3.2ClH.GeH2.Zr/c2*1-8-6-10-5-3-4-9(2)11(10)7-8;;;;;;/h2*6-7,9H,3-5H2,1-2H3;2*1H3;2*1H;1H2;/q4*-1;;;;. The van der Waals surface area contributed by atoms with Gasteiger partial charge in [0.15, 0.2) is 0 Å². The van der Waals surface area contributed by atoms with Crippen molar-refractivity contribution in [2.24, 2.45) is 0 Å². The van der Waals surface area contributed by atoms with E-state index in [0.29, 0.717) is 0 Å². The molecule has 2 atom stereocenters. The van der Waals surface area contributed by atoms with E-state index >= 15 is 0 Å². The Hall–Kier alpha value is 0.706. The summed E-state index contributed by atoms with van der Waals surface area (Å²) in [7, 11) is 0. The maximum atomic E-state index is 2.36. The first-order chi connectivity index (χ1) is 11.5. The summed E-state index contributed by atoms with van der Waals surface area (Å²) in [5, 5.41) is 0. The zero-order valence-electron chi connectivity index (χ0n) is 18.7. The first-order valence-corrected chi connectivity index (χ1v) is 19.9. The second-order valence-corrected chi connectivity index (χ2v) is 7.61. The third kappa shape index (κ3) is 8.83. The van der Waals surface area contributed by atoms with Gasteiger partial charge in [0, 0.05) is 0 Å². The number of halogens is 2. The SMILES string of the molecule is Cc1cc2c([cH-]1)CCCC2C.Cc1cc2c([cH-]1)CCCC2C.Cl.Cl.[CH3-].[CH3-].[GeH2]=[Zr]. The molecule has 0 radical (unpaired) electrons. The average molecular weight is 563 g/mol. The van der Waals surface area contributed by atoms with E-state index in [-0.39, 0.29) is 39.7 Å². The van der Waals surface area contributed by atoms with Gasteiger partial charge in [-0.05, 0) is 0 Å². The van der Waals surface area contributed by atoms with Crippen molar-refractivity contribution in [1.82, 2.24) is 0 Å². The van der Waals surface area contributed by atoms with E-state index in [1.165, 1.54) is 61.8 Å². The van der Waals surface area contributed by atoms with Crippen molar-refractivity contribution < 1.29 is 21.6 Å². The molecule has 0 saturated heterocycles. The van der Waals surface area contributed by atoms with Crippen LogP contribution in [-0.4, -0.2) is 12.1 Å². The maximum absolute atomic E-state index is 2.36. The Kier molecular flexibility index (Phi) is 19.5. The van der Waals surface area contributed by atoms with E-state index in [2.05, 4.69) is 52.0 Å². The van der Waals surface area contributed by atoms with Crippen LogP contribution in [0.1, 0.15) is 84.7 Å². The van der Waals surface area contributed by atoms with E-state index in [1.807, 2.05) is 0 Å². The molecule has 0 bridgehead atoms. The Bertz CT molecular complexity index is 603. The Morgan fingerprint density at radius 3 is 1.39 bits per heavy atom. The van der Waals surface area contributed by atoms with Gasteiger partial charge in [-0.1, -0.05) is 78.1 Å². The zero-order chi connectivity index (χ0) is 17.7. The molecule has 0 nitrogen and oxygen atoms in total. The first kappa shape index (κ1) is 33.3. The van der Waals surface area contributed by atoms with E-state index in [1.54, 1.807) is 43.9 Å². The van der Waals surface area contributed by atoms with E-state index in [4.69, 9.17) is 0 Å². The Labute approximate surface area is 207 Å². The number of rotatable bonds is 0. The van der Waals surface area contributed by atoms with Gasteiger partial charge in [0.05, 0.1) is 0 Å². The van der Waals surface area contributed by atoms with Crippen LogP contribution in [0, 0.1) is 28.7 Å². The third-order valence-corrected chi connectivity index (χ3v) is 5.54. The number of hydrogen-bond acceptors (Lipinski definition) is 0. The summed E-state index contributed by atoms with van der Waals surface area (Å²) in [6, 6.07) is 9.42. The molecule has 0 amide bonds.